The lowest BCUT2D eigenvalue weighted by molar-refractivity contribution is 0.898. The first-order valence-electron chi connectivity index (χ1n) is 3.25. The molecule has 0 spiro atoms. The molecule has 1 N–H and O–H groups in total. The number of hydrogen-bond donors (Lipinski definition) is 1. The zero-order valence-corrected chi connectivity index (χ0v) is 6.32. The van der Waals surface area contributed by atoms with Gasteiger partial charge in [-0.05, 0) is 5.57 Å². The highest BCUT2D eigenvalue weighted by atomic mass is 32.1. The van der Waals surface area contributed by atoms with Crippen molar-refractivity contribution in [1.82, 2.24) is 10.3 Å². The molecule has 0 atom stereocenters. The van der Waals surface area contributed by atoms with Gasteiger partial charge in [0.2, 0.25) is 0 Å². The SMILES string of the molecule is C1=C(c2cncs2)CNC1. The van der Waals surface area contributed by atoms with Crippen LogP contribution in [0.2, 0.25) is 0 Å². The van der Waals surface area contributed by atoms with Gasteiger partial charge in [0, 0.05) is 19.3 Å². The molecule has 1 aromatic rings. The van der Waals surface area contributed by atoms with Crippen molar-refractivity contribution in [2.75, 3.05) is 13.1 Å². The lowest BCUT2D eigenvalue weighted by atomic mass is 10.2. The van der Waals surface area contributed by atoms with E-state index in [-0.39, 0.29) is 0 Å². The van der Waals surface area contributed by atoms with E-state index in [1.807, 2.05) is 11.7 Å². The van der Waals surface area contributed by atoms with Gasteiger partial charge in [-0.15, -0.1) is 11.3 Å². The van der Waals surface area contributed by atoms with E-state index in [0.717, 1.165) is 13.1 Å². The number of thiazole rings is 1. The number of rotatable bonds is 1. The molecule has 0 unspecified atom stereocenters. The Hall–Kier alpha value is -0.670. The van der Waals surface area contributed by atoms with Crippen LogP contribution in [0.15, 0.2) is 17.8 Å². The van der Waals surface area contributed by atoms with Gasteiger partial charge in [0.1, 0.15) is 0 Å². The predicted molar refractivity (Wildman–Crippen MR) is 43.0 cm³/mol. The molecule has 1 aromatic heterocycles. The van der Waals surface area contributed by atoms with E-state index in [1.165, 1.54) is 10.5 Å². The van der Waals surface area contributed by atoms with Gasteiger partial charge in [-0.3, -0.25) is 4.98 Å². The maximum Gasteiger partial charge on any atom is 0.0797 e. The fourth-order valence-electron chi connectivity index (χ4n) is 1.04. The van der Waals surface area contributed by atoms with Crippen LogP contribution in [-0.2, 0) is 0 Å². The van der Waals surface area contributed by atoms with E-state index >= 15 is 0 Å². The Bertz CT molecular complexity index is 238. The molecular weight excluding hydrogens is 144 g/mol. The second-order valence-corrected chi connectivity index (χ2v) is 3.11. The number of hydrogen-bond acceptors (Lipinski definition) is 3. The third-order valence-electron chi connectivity index (χ3n) is 1.56. The van der Waals surface area contributed by atoms with Crippen molar-refractivity contribution in [3.63, 3.8) is 0 Å². The molecule has 2 rings (SSSR count). The van der Waals surface area contributed by atoms with Gasteiger partial charge < -0.3 is 5.32 Å². The fourth-order valence-corrected chi connectivity index (χ4v) is 1.70. The van der Waals surface area contributed by atoms with E-state index in [1.54, 1.807) is 11.3 Å². The minimum absolute atomic E-state index is 1.00. The van der Waals surface area contributed by atoms with Crippen LogP contribution >= 0.6 is 11.3 Å². The van der Waals surface area contributed by atoms with Crippen molar-refractivity contribution in [3.8, 4) is 0 Å². The summed E-state index contributed by atoms with van der Waals surface area (Å²) in [5.74, 6) is 0. The van der Waals surface area contributed by atoms with E-state index < -0.39 is 0 Å². The van der Waals surface area contributed by atoms with Crippen LogP contribution < -0.4 is 5.32 Å². The summed E-state index contributed by atoms with van der Waals surface area (Å²) < 4.78 is 0. The molecule has 0 aromatic carbocycles. The first kappa shape index (κ1) is 6.07. The molecule has 0 radical (unpaired) electrons. The van der Waals surface area contributed by atoms with E-state index in [4.69, 9.17) is 0 Å². The zero-order valence-electron chi connectivity index (χ0n) is 5.50. The fraction of sp³-hybridized carbons (Fsp3) is 0.286. The summed E-state index contributed by atoms with van der Waals surface area (Å²) in [4.78, 5) is 5.31. The van der Waals surface area contributed by atoms with Crippen molar-refractivity contribution < 1.29 is 0 Å². The Balaban J connectivity index is 2.28. The molecule has 52 valence electrons. The molecule has 0 saturated heterocycles. The van der Waals surface area contributed by atoms with Gasteiger partial charge in [-0.25, -0.2) is 0 Å². The summed E-state index contributed by atoms with van der Waals surface area (Å²) in [6, 6.07) is 0. The Labute approximate surface area is 63.6 Å². The van der Waals surface area contributed by atoms with Crippen molar-refractivity contribution >= 4 is 16.9 Å². The summed E-state index contributed by atoms with van der Waals surface area (Å²) in [7, 11) is 0. The van der Waals surface area contributed by atoms with Gasteiger partial charge in [-0.1, -0.05) is 6.08 Å². The summed E-state index contributed by atoms with van der Waals surface area (Å²) in [6.45, 7) is 2.01. The van der Waals surface area contributed by atoms with E-state index in [0.29, 0.717) is 0 Å². The van der Waals surface area contributed by atoms with Crippen LogP contribution in [-0.4, -0.2) is 18.1 Å². The normalized spacial score (nSPS) is 17.4. The maximum absolute atomic E-state index is 4.02. The summed E-state index contributed by atoms with van der Waals surface area (Å²) in [6.07, 6.45) is 4.14. The Kier molecular flexibility index (Phi) is 1.53. The topological polar surface area (TPSA) is 24.9 Å². The molecule has 0 saturated carbocycles. The summed E-state index contributed by atoms with van der Waals surface area (Å²) >= 11 is 1.70. The number of aromatic nitrogens is 1. The van der Waals surface area contributed by atoms with Crippen molar-refractivity contribution in [3.05, 3.63) is 22.7 Å². The third-order valence-corrected chi connectivity index (χ3v) is 2.41. The smallest absolute Gasteiger partial charge is 0.0797 e. The first-order valence-corrected chi connectivity index (χ1v) is 4.13. The molecule has 1 aliphatic rings. The van der Waals surface area contributed by atoms with Crippen LogP contribution in [0.5, 0.6) is 0 Å². The molecule has 2 nitrogen and oxygen atoms in total. The first-order chi connectivity index (χ1) is 4.97. The highest BCUT2D eigenvalue weighted by molar-refractivity contribution is 7.10. The van der Waals surface area contributed by atoms with Crippen LogP contribution in [0.4, 0.5) is 0 Å². The quantitative estimate of drug-likeness (QED) is 0.652. The van der Waals surface area contributed by atoms with Gasteiger partial charge in [0.05, 0.1) is 10.4 Å². The van der Waals surface area contributed by atoms with Gasteiger partial charge >= 0.3 is 0 Å². The van der Waals surface area contributed by atoms with Gasteiger partial charge in [-0.2, -0.15) is 0 Å². The standard InChI is InChI=1S/C7H8N2S/c1-2-8-3-6(1)7-4-9-5-10-7/h1,4-5,8H,2-3H2. The highest BCUT2D eigenvalue weighted by Gasteiger charge is 2.06. The summed E-state index contributed by atoms with van der Waals surface area (Å²) in [5.41, 5.74) is 3.26. The zero-order chi connectivity index (χ0) is 6.81. The second-order valence-electron chi connectivity index (χ2n) is 2.23. The summed E-state index contributed by atoms with van der Waals surface area (Å²) in [5, 5.41) is 3.25. The van der Waals surface area contributed by atoms with E-state index in [2.05, 4.69) is 16.4 Å². The minimum atomic E-state index is 1.00. The van der Waals surface area contributed by atoms with Crippen LogP contribution in [0.1, 0.15) is 4.88 Å². The van der Waals surface area contributed by atoms with E-state index in [9.17, 15) is 0 Å². The van der Waals surface area contributed by atoms with Crippen LogP contribution in [0, 0.1) is 0 Å². The van der Waals surface area contributed by atoms with Crippen molar-refractivity contribution in [2.45, 2.75) is 0 Å². The predicted octanol–water partition coefficient (Wildman–Crippen LogP) is 1.13. The lowest BCUT2D eigenvalue weighted by Gasteiger charge is -1.92. The van der Waals surface area contributed by atoms with Crippen molar-refractivity contribution in [2.24, 2.45) is 0 Å². The number of nitrogens with one attached hydrogen (secondary N) is 1. The molecule has 0 fully saturated rings. The Morgan fingerprint density at radius 3 is 3.20 bits per heavy atom. The highest BCUT2D eigenvalue weighted by Crippen LogP contribution is 2.19. The monoisotopic (exact) mass is 152 g/mol. The average molecular weight is 152 g/mol. The molecule has 0 bridgehead atoms. The molecule has 10 heavy (non-hydrogen) atoms. The van der Waals surface area contributed by atoms with Crippen molar-refractivity contribution in [1.29, 1.82) is 0 Å². The Morgan fingerprint density at radius 2 is 2.60 bits per heavy atom. The molecule has 1 aliphatic heterocycles. The van der Waals surface area contributed by atoms with Crippen LogP contribution in [0.3, 0.4) is 0 Å². The lowest BCUT2D eigenvalue weighted by Crippen LogP contribution is -2.07. The maximum atomic E-state index is 4.02. The van der Waals surface area contributed by atoms with Crippen LogP contribution in [0.25, 0.3) is 5.57 Å². The van der Waals surface area contributed by atoms with Gasteiger partial charge in [0.15, 0.2) is 0 Å². The molecule has 0 amide bonds. The molecular formula is C7H8N2S. The minimum Gasteiger partial charge on any atom is -0.309 e. The van der Waals surface area contributed by atoms with Gasteiger partial charge in [0.25, 0.3) is 0 Å². The largest absolute Gasteiger partial charge is 0.309 e. The Morgan fingerprint density at radius 1 is 1.60 bits per heavy atom. The molecule has 0 aliphatic carbocycles. The second kappa shape index (κ2) is 2.52. The number of nitrogens with zero attached hydrogens (tertiary/aromatic N) is 1. The third kappa shape index (κ3) is 0.978. The molecule has 2 heterocycles. The molecule has 3 heteroatoms. The average Bonchev–Trinajstić information content (AvgIpc) is 2.59.